The maximum atomic E-state index is 13.2. The summed E-state index contributed by atoms with van der Waals surface area (Å²) in [4.78, 5) is 32.2. The number of aromatic amines is 1. The van der Waals surface area contributed by atoms with E-state index in [1.165, 1.54) is 16.6 Å². The number of nitrogens with zero attached hydrogens (tertiary/aromatic N) is 3. The van der Waals surface area contributed by atoms with Gasteiger partial charge in [-0.2, -0.15) is 4.31 Å². The van der Waals surface area contributed by atoms with E-state index in [4.69, 9.17) is 0 Å². The monoisotopic (exact) mass is 436 g/mol. The molecule has 0 saturated carbocycles. The second-order valence-electron chi connectivity index (χ2n) is 8.69. The van der Waals surface area contributed by atoms with Gasteiger partial charge in [0.05, 0.1) is 5.92 Å². The van der Waals surface area contributed by atoms with Crippen LogP contribution in [0.3, 0.4) is 0 Å². The normalized spacial score (nSPS) is 24.1. The average Bonchev–Trinajstić information content (AvgIpc) is 3.41. The number of nitrogens with one attached hydrogen (secondary N) is 1. The zero-order valence-electron chi connectivity index (χ0n) is 17.5. The molecule has 9 heteroatoms. The highest BCUT2D eigenvalue weighted by Crippen LogP contribution is 2.26. The quantitative estimate of drug-likeness (QED) is 0.782. The highest BCUT2D eigenvalue weighted by atomic mass is 32.2. The number of H-pyrrole nitrogens is 1. The third-order valence-electron chi connectivity index (χ3n) is 6.57. The third kappa shape index (κ3) is 4.42. The third-order valence-corrected chi connectivity index (χ3v) is 8.41. The maximum absolute atomic E-state index is 13.2. The molecule has 1 atom stereocenters. The second kappa shape index (κ2) is 9.09. The van der Waals surface area contributed by atoms with Crippen LogP contribution in [0.15, 0.2) is 17.2 Å². The van der Waals surface area contributed by atoms with Crippen molar-refractivity contribution in [3.8, 4) is 0 Å². The molecule has 30 heavy (non-hydrogen) atoms. The number of carbonyl (C=O) groups is 2. The summed E-state index contributed by atoms with van der Waals surface area (Å²) < 4.78 is 27.8. The number of rotatable bonds is 4. The van der Waals surface area contributed by atoms with Crippen LogP contribution in [0.1, 0.15) is 61.9 Å². The Balaban J connectivity index is 1.44. The molecular weight excluding hydrogens is 404 g/mol. The summed E-state index contributed by atoms with van der Waals surface area (Å²) in [7, 11) is -3.74. The summed E-state index contributed by atoms with van der Waals surface area (Å²) in [5.41, 5.74) is 0.310. The van der Waals surface area contributed by atoms with Crippen molar-refractivity contribution in [2.45, 2.75) is 56.3 Å². The predicted molar refractivity (Wildman–Crippen MR) is 112 cm³/mol. The van der Waals surface area contributed by atoms with Crippen LogP contribution in [-0.4, -0.2) is 78.6 Å². The highest BCUT2D eigenvalue weighted by molar-refractivity contribution is 7.89. The lowest BCUT2D eigenvalue weighted by atomic mass is 9.98. The van der Waals surface area contributed by atoms with Crippen molar-refractivity contribution in [2.75, 3.05) is 39.3 Å². The first-order valence-corrected chi connectivity index (χ1v) is 12.7. The molecule has 4 heterocycles. The van der Waals surface area contributed by atoms with Gasteiger partial charge in [-0.15, -0.1) is 0 Å². The molecule has 4 rings (SSSR count). The van der Waals surface area contributed by atoms with E-state index in [9.17, 15) is 18.0 Å². The van der Waals surface area contributed by atoms with Crippen LogP contribution >= 0.6 is 0 Å². The molecule has 8 nitrogen and oxygen atoms in total. The SMILES string of the molecule is O=C(c1cc(S(=O)(=O)N2CCC[C@H](C(=O)N3CCCCCC3)C2)c[nH]1)N1CCCC1. The van der Waals surface area contributed by atoms with Gasteiger partial charge >= 0.3 is 0 Å². The molecule has 0 radical (unpaired) electrons. The Morgan fingerprint density at radius 2 is 1.50 bits per heavy atom. The van der Waals surface area contributed by atoms with Crippen LogP contribution in [0.5, 0.6) is 0 Å². The molecule has 166 valence electrons. The zero-order valence-corrected chi connectivity index (χ0v) is 18.3. The molecular formula is C21H32N4O4S. The molecule has 1 aromatic rings. The molecule has 3 saturated heterocycles. The largest absolute Gasteiger partial charge is 0.356 e. The first-order valence-electron chi connectivity index (χ1n) is 11.2. The number of aromatic nitrogens is 1. The minimum absolute atomic E-state index is 0.0933. The lowest BCUT2D eigenvalue weighted by Crippen LogP contribution is -2.46. The summed E-state index contributed by atoms with van der Waals surface area (Å²) in [5.74, 6) is -0.339. The fourth-order valence-electron chi connectivity index (χ4n) is 4.80. The van der Waals surface area contributed by atoms with Gasteiger partial charge in [0.25, 0.3) is 5.91 Å². The Morgan fingerprint density at radius 3 is 2.20 bits per heavy atom. The van der Waals surface area contributed by atoms with Crippen molar-refractivity contribution in [1.82, 2.24) is 19.1 Å². The molecule has 0 spiro atoms. The Hall–Kier alpha value is -1.87. The van der Waals surface area contributed by atoms with Crippen LogP contribution < -0.4 is 0 Å². The van der Waals surface area contributed by atoms with Gasteiger partial charge < -0.3 is 14.8 Å². The van der Waals surface area contributed by atoms with E-state index in [1.54, 1.807) is 4.90 Å². The Kier molecular flexibility index (Phi) is 6.48. The molecule has 1 N–H and O–H groups in total. The van der Waals surface area contributed by atoms with Gasteiger partial charge in [-0.1, -0.05) is 12.8 Å². The van der Waals surface area contributed by atoms with E-state index >= 15 is 0 Å². The van der Waals surface area contributed by atoms with E-state index in [2.05, 4.69) is 4.98 Å². The van der Waals surface area contributed by atoms with E-state index in [-0.39, 0.29) is 29.2 Å². The van der Waals surface area contributed by atoms with E-state index in [0.29, 0.717) is 31.7 Å². The van der Waals surface area contributed by atoms with Crippen molar-refractivity contribution in [1.29, 1.82) is 0 Å². The number of piperidine rings is 1. The van der Waals surface area contributed by atoms with Gasteiger partial charge in [0.2, 0.25) is 15.9 Å². The summed E-state index contributed by atoms with van der Waals surface area (Å²) in [5, 5.41) is 0. The van der Waals surface area contributed by atoms with E-state index in [0.717, 1.165) is 58.0 Å². The Bertz CT molecular complexity index is 867. The molecule has 3 aliphatic heterocycles. The van der Waals surface area contributed by atoms with Crippen LogP contribution in [0, 0.1) is 5.92 Å². The number of amides is 2. The molecule has 0 unspecified atom stereocenters. The fraction of sp³-hybridized carbons (Fsp3) is 0.714. The summed E-state index contributed by atoms with van der Waals surface area (Å²) in [6.07, 6.45) is 9.13. The first kappa shape index (κ1) is 21.4. The molecule has 1 aromatic heterocycles. The Labute approximate surface area is 178 Å². The average molecular weight is 437 g/mol. The summed E-state index contributed by atoms with van der Waals surface area (Å²) in [6.45, 7) is 3.62. The lowest BCUT2D eigenvalue weighted by Gasteiger charge is -2.34. The van der Waals surface area contributed by atoms with Gasteiger partial charge in [-0.3, -0.25) is 9.59 Å². The topological polar surface area (TPSA) is 93.8 Å². The van der Waals surface area contributed by atoms with Crippen molar-refractivity contribution < 1.29 is 18.0 Å². The van der Waals surface area contributed by atoms with Gasteiger partial charge in [0.15, 0.2) is 0 Å². The molecule has 0 aromatic carbocycles. The Morgan fingerprint density at radius 1 is 0.867 bits per heavy atom. The number of sulfonamides is 1. The standard InChI is InChI=1S/C21H32N4O4S/c26-20(23-9-3-1-2-4-10-23)17-8-7-13-25(16-17)30(28,29)18-14-19(22-15-18)21(27)24-11-5-6-12-24/h14-15,17,22H,1-13,16H2/t17-/m0/s1. The van der Waals surface area contributed by atoms with Gasteiger partial charge in [-0.05, 0) is 44.6 Å². The lowest BCUT2D eigenvalue weighted by molar-refractivity contribution is -0.136. The second-order valence-corrected chi connectivity index (χ2v) is 10.6. The van der Waals surface area contributed by atoms with Crippen LogP contribution in [0.25, 0.3) is 0 Å². The van der Waals surface area contributed by atoms with Crippen molar-refractivity contribution >= 4 is 21.8 Å². The van der Waals surface area contributed by atoms with Gasteiger partial charge in [0, 0.05) is 45.5 Å². The van der Waals surface area contributed by atoms with Crippen LogP contribution in [-0.2, 0) is 14.8 Å². The first-order chi connectivity index (χ1) is 14.5. The van der Waals surface area contributed by atoms with Crippen LogP contribution in [0.4, 0.5) is 0 Å². The molecule has 0 bridgehead atoms. The van der Waals surface area contributed by atoms with Crippen LogP contribution in [0.2, 0.25) is 0 Å². The summed E-state index contributed by atoms with van der Waals surface area (Å²) >= 11 is 0. The highest BCUT2D eigenvalue weighted by Gasteiger charge is 2.36. The predicted octanol–water partition coefficient (Wildman–Crippen LogP) is 2.05. The van der Waals surface area contributed by atoms with Crippen molar-refractivity contribution in [2.24, 2.45) is 5.92 Å². The molecule has 3 aliphatic rings. The van der Waals surface area contributed by atoms with E-state index < -0.39 is 10.0 Å². The molecule has 0 aliphatic carbocycles. The number of hydrogen-bond donors (Lipinski definition) is 1. The zero-order chi connectivity index (χ0) is 21.1. The smallest absolute Gasteiger partial charge is 0.270 e. The minimum atomic E-state index is -3.74. The maximum Gasteiger partial charge on any atom is 0.270 e. The van der Waals surface area contributed by atoms with Gasteiger partial charge in [-0.25, -0.2) is 8.42 Å². The minimum Gasteiger partial charge on any atom is -0.356 e. The number of hydrogen-bond acceptors (Lipinski definition) is 4. The van der Waals surface area contributed by atoms with E-state index in [1.807, 2.05) is 4.90 Å². The van der Waals surface area contributed by atoms with Gasteiger partial charge in [0.1, 0.15) is 10.6 Å². The molecule has 3 fully saturated rings. The number of carbonyl (C=O) groups excluding carboxylic acids is 2. The fourth-order valence-corrected chi connectivity index (χ4v) is 6.32. The van der Waals surface area contributed by atoms with Crippen molar-refractivity contribution in [3.63, 3.8) is 0 Å². The number of likely N-dealkylation sites (tertiary alicyclic amines) is 2. The van der Waals surface area contributed by atoms with Crippen molar-refractivity contribution in [3.05, 3.63) is 18.0 Å². The molecule has 2 amide bonds. The summed E-state index contributed by atoms with van der Waals surface area (Å²) in [6, 6.07) is 1.44.